The molecule has 0 aromatic heterocycles. The van der Waals surface area contributed by atoms with Crippen LogP contribution in [0.4, 0.5) is 4.39 Å². The predicted octanol–water partition coefficient (Wildman–Crippen LogP) is 4.59. The Kier molecular flexibility index (Phi) is 4.23. The fourth-order valence-corrected chi connectivity index (χ4v) is 1.86. The molecule has 0 bridgehead atoms. The highest BCUT2D eigenvalue weighted by molar-refractivity contribution is 7.81. The summed E-state index contributed by atoms with van der Waals surface area (Å²) >= 11 is 10.3. The van der Waals surface area contributed by atoms with Crippen LogP contribution in [-0.4, -0.2) is 5.25 Å². The van der Waals surface area contributed by atoms with Gasteiger partial charge >= 0.3 is 0 Å². The van der Waals surface area contributed by atoms with Crippen LogP contribution < -0.4 is 0 Å². The van der Waals surface area contributed by atoms with Crippen molar-refractivity contribution in [3.8, 4) is 0 Å². The van der Waals surface area contributed by atoms with Crippen LogP contribution in [0.3, 0.4) is 0 Å². The number of thiol groups is 1. The Labute approximate surface area is 101 Å². The van der Waals surface area contributed by atoms with Gasteiger partial charge in [0.15, 0.2) is 0 Å². The molecule has 0 heterocycles. The number of allylic oxidation sites excluding steroid dienone is 1. The van der Waals surface area contributed by atoms with Crippen molar-refractivity contribution >= 4 is 29.8 Å². The van der Waals surface area contributed by atoms with E-state index in [9.17, 15) is 4.39 Å². The Morgan fingerprint density at radius 1 is 1.40 bits per heavy atom. The second-order valence-electron chi connectivity index (χ2n) is 3.58. The topological polar surface area (TPSA) is 0 Å². The molecule has 0 saturated heterocycles. The van der Waals surface area contributed by atoms with Gasteiger partial charge in [-0.2, -0.15) is 12.6 Å². The summed E-state index contributed by atoms with van der Waals surface area (Å²) in [4.78, 5) is 0. The van der Waals surface area contributed by atoms with Crippen LogP contribution in [0.15, 0.2) is 23.8 Å². The molecule has 1 aromatic rings. The third-order valence-electron chi connectivity index (χ3n) is 2.56. The maximum Gasteiger partial charge on any atom is 0.132 e. The van der Waals surface area contributed by atoms with Crippen LogP contribution in [-0.2, 0) is 0 Å². The SMILES string of the molecule is CC(=C(C)C(C)S)c1c(F)cccc1Cl. The van der Waals surface area contributed by atoms with Crippen LogP contribution >= 0.6 is 24.2 Å². The van der Waals surface area contributed by atoms with Gasteiger partial charge in [0.25, 0.3) is 0 Å². The van der Waals surface area contributed by atoms with E-state index in [-0.39, 0.29) is 11.1 Å². The number of halogens is 2. The van der Waals surface area contributed by atoms with Gasteiger partial charge in [0.1, 0.15) is 5.82 Å². The first-order chi connectivity index (χ1) is 6.95. The van der Waals surface area contributed by atoms with Crippen LogP contribution in [0.1, 0.15) is 26.3 Å². The van der Waals surface area contributed by atoms with E-state index in [1.807, 2.05) is 20.8 Å². The molecule has 0 saturated carbocycles. The first kappa shape index (κ1) is 12.6. The standard InChI is InChI=1S/C12H14ClFS/c1-7(9(3)15)8(2)12-10(13)5-4-6-11(12)14/h4-6,9,15H,1-3H3. The van der Waals surface area contributed by atoms with Crippen molar-refractivity contribution in [3.63, 3.8) is 0 Å². The van der Waals surface area contributed by atoms with Crippen molar-refractivity contribution in [1.29, 1.82) is 0 Å². The van der Waals surface area contributed by atoms with Crippen LogP contribution in [0.25, 0.3) is 5.57 Å². The molecule has 15 heavy (non-hydrogen) atoms. The van der Waals surface area contributed by atoms with E-state index in [1.165, 1.54) is 6.07 Å². The van der Waals surface area contributed by atoms with Crippen molar-refractivity contribution in [1.82, 2.24) is 0 Å². The normalized spacial score (nSPS) is 14.8. The van der Waals surface area contributed by atoms with Crippen LogP contribution in [0.2, 0.25) is 5.02 Å². The van der Waals surface area contributed by atoms with Crippen molar-refractivity contribution in [2.75, 3.05) is 0 Å². The number of hydrogen-bond acceptors (Lipinski definition) is 1. The van der Waals surface area contributed by atoms with E-state index in [1.54, 1.807) is 12.1 Å². The van der Waals surface area contributed by atoms with Crippen LogP contribution in [0, 0.1) is 5.82 Å². The summed E-state index contributed by atoms with van der Waals surface area (Å²) in [6.07, 6.45) is 0. The molecule has 3 heteroatoms. The number of hydrogen-bond donors (Lipinski definition) is 1. The fourth-order valence-electron chi connectivity index (χ4n) is 1.37. The number of benzene rings is 1. The molecule has 0 nitrogen and oxygen atoms in total. The summed E-state index contributed by atoms with van der Waals surface area (Å²) < 4.78 is 13.6. The molecular weight excluding hydrogens is 231 g/mol. The molecule has 0 aliphatic heterocycles. The molecule has 1 aromatic carbocycles. The molecule has 0 N–H and O–H groups in total. The monoisotopic (exact) mass is 244 g/mol. The van der Waals surface area contributed by atoms with Gasteiger partial charge in [0.2, 0.25) is 0 Å². The van der Waals surface area contributed by atoms with Gasteiger partial charge < -0.3 is 0 Å². The van der Waals surface area contributed by atoms with Crippen molar-refractivity contribution in [2.24, 2.45) is 0 Å². The molecule has 0 fully saturated rings. The van der Waals surface area contributed by atoms with Gasteiger partial charge in [-0.25, -0.2) is 4.39 Å². The minimum Gasteiger partial charge on any atom is -0.206 e. The average Bonchev–Trinajstić information content (AvgIpc) is 2.15. The van der Waals surface area contributed by atoms with Crippen LogP contribution in [0.5, 0.6) is 0 Å². The molecule has 1 atom stereocenters. The second kappa shape index (κ2) is 5.04. The lowest BCUT2D eigenvalue weighted by Crippen LogP contribution is -1.98. The van der Waals surface area contributed by atoms with E-state index in [0.29, 0.717) is 10.6 Å². The Balaban J connectivity index is 3.34. The third kappa shape index (κ3) is 2.76. The van der Waals surface area contributed by atoms with Gasteiger partial charge in [0.05, 0.1) is 5.02 Å². The molecular formula is C12H14ClFS. The molecule has 1 unspecified atom stereocenters. The summed E-state index contributed by atoms with van der Waals surface area (Å²) in [5.41, 5.74) is 2.38. The molecule has 1 rings (SSSR count). The molecule has 82 valence electrons. The van der Waals surface area contributed by atoms with Gasteiger partial charge in [-0.15, -0.1) is 0 Å². The summed E-state index contributed by atoms with van der Waals surface area (Å²) in [5, 5.41) is 0.543. The van der Waals surface area contributed by atoms with E-state index in [0.717, 1.165) is 11.1 Å². The maximum absolute atomic E-state index is 13.6. The molecule has 0 radical (unpaired) electrons. The van der Waals surface area contributed by atoms with E-state index < -0.39 is 0 Å². The summed E-state index contributed by atoms with van der Waals surface area (Å²) in [5.74, 6) is -0.284. The Hall–Kier alpha value is -0.470. The number of rotatable bonds is 2. The van der Waals surface area contributed by atoms with E-state index in [4.69, 9.17) is 11.6 Å². The summed E-state index contributed by atoms with van der Waals surface area (Å²) in [6, 6.07) is 4.72. The predicted molar refractivity (Wildman–Crippen MR) is 68.1 cm³/mol. The first-order valence-corrected chi connectivity index (χ1v) is 5.64. The third-order valence-corrected chi connectivity index (χ3v) is 3.26. The molecule has 0 aliphatic carbocycles. The minimum atomic E-state index is -0.284. The zero-order valence-corrected chi connectivity index (χ0v) is 10.7. The zero-order valence-electron chi connectivity index (χ0n) is 9.01. The van der Waals surface area contributed by atoms with Gasteiger partial charge in [-0.05, 0) is 38.5 Å². The van der Waals surface area contributed by atoms with Gasteiger partial charge in [0, 0.05) is 10.8 Å². The largest absolute Gasteiger partial charge is 0.206 e. The molecule has 0 aliphatic rings. The second-order valence-corrected chi connectivity index (χ2v) is 4.76. The lowest BCUT2D eigenvalue weighted by molar-refractivity contribution is 0.624. The summed E-state index contributed by atoms with van der Waals surface area (Å²) in [7, 11) is 0. The quantitative estimate of drug-likeness (QED) is 0.723. The maximum atomic E-state index is 13.6. The Morgan fingerprint density at radius 2 is 2.00 bits per heavy atom. The lowest BCUT2D eigenvalue weighted by Gasteiger charge is -2.12. The molecule has 0 spiro atoms. The van der Waals surface area contributed by atoms with E-state index >= 15 is 0 Å². The smallest absolute Gasteiger partial charge is 0.132 e. The highest BCUT2D eigenvalue weighted by atomic mass is 35.5. The lowest BCUT2D eigenvalue weighted by atomic mass is 10.00. The Bertz CT molecular complexity index is 376. The van der Waals surface area contributed by atoms with Gasteiger partial charge in [-0.3, -0.25) is 0 Å². The fraction of sp³-hybridized carbons (Fsp3) is 0.333. The summed E-state index contributed by atoms with van der Waals surface area (Å²) in [6.45, 7) is 5.76. The van der Waals surface area contributed by atoms with E-state index in [2.05, 4.69) is 12.6 Å². The van der Waals surface area contributed by atoms with Gasteiger partial charge in [-0.1, -0.05) is 23.2 Å². The van der Waals surface area contributed by atoms with Crippen molar-refractivity contribution in [3.05, 3.63) is 40.2 Å². The van der Waals surface area contributed by atoms with Crippen molar-refractivity contribution in [2.45, 2.75) is 26.0 Å². The zero-order chi connectivity index (χ0) is 11.6. The highest BCUT2D eigenvalue weighted by Crippen LogP contribution is 2.30. The Morgan fingerprint density at radius 3 is 2.47 bits per heavy atom. The highest BCUT2D eigenvalue weighted by Gasteiger charge is 2.12. The first-order valence-electron chi connectivity index (χ1n) is 4.75. The van der Waals surface area contributed by atoms with Crippen molar-refractivity contribution < 1.29 is 4.39 Å². The average molecular weight is 245 g/mol. The molecule has 0 amide bonds. The minimum absolute atomic E-state index is 0.0978.